The van der Waals surface area contributed by atoms with Crippen LogP contribution in [0, 0.1) is 6.92 Å². The van der Waals surface area contributed by atoms with Gasteiger partial charge in [0.1, 0.15) is 5.56 Å². The van der Waals surface area contributed by atoms with E-state index in [1.807, 2.05) is 36.6 Å². The Kier molecular flexibility index (Phi) is 6.00. The fourth-order valence-corrected chi connectivity index (χ4v) is 3.76. The molecule has 0 saturated heterocycles. The molecule has 2 N–H and O–H groups in total. The number of nitrogens with zero attached hydrogens (tertiary/aromatic N) is 3. The van der Waals surface area contributed by atoms with Crippen LogP contribution in [0.3, 0.4) is 0 Å². The lowest BCUT2D eigenvalue weighted by Crippen LogP contribution is -2.14. The molecule has 0 bridgehead atoms. The number of hydrogen-bond donors (Lipinski definition) is 2. The van der Waals surface area contributed by atoms with Crippen molar-refractivity contribution in [2.24, 2.45) is 7.05 Å². The molecule has 4 rings (SSSR count). The van der Waals surface area contributed by atoms with Crippen molar-refractivity contribution in [3.63, 3.8) is 0 Å². The van der Waals surface area contributed by atoms with E-state index in [0.29, 0.717) is 22.5 Å². The van der Waals surface area contributed by atoms with Gasteiger partial charge in [-0.05, 0) is 43.3 Å². The highest BCUT2D eigenvalue weighted by Crippen LogP contribution is 2.24. The van der Waals surface area contributed by atoms with Crippen LogP contribution in [0.2, 0.25) is 0 Å². The van der Waals surface area contributed by atoms with E-state index in [0.717, 1.165) is 16.3 Å². The normalized spacial score (nSPS) is 10.6. The largest absolute Gasteiger partial charge is 0.479 e. The highest BCUT2D eigenvalue weighted by molar-refractivity contribution is 7.09. The zero-order valence-electron chi connectivity index (χ0n) is 17.7. The third-order valence-electron chi connectivity index (χ3n) is 4.67. The molecular weight excluding hydrogens is 426 g/mol. The number of carbonyl (C=O) groups excluding carboxylic acids is 2. The van der Waals surface area contributed by atoms with Crippen LogP contribution in [0.1, 0.15) is 25.7 Å². The lowest BCUT2D eigenvalue weighted by Gasteiger charge is -2.08. The van der Waals surface area contributed by atoms with Gasteiger partial charge < -0.3 is 15.4 Å². The molecule has 162 valence electrons. The van der Waals surface area contributed by atoms with E-state index in [9.17, 15) is 9.59 Å². The number of hydrogen-bond acceptors (Lipinski definition) is 6. The van der Waals surface area contributed by atoms with Crippen molar-refractivity contribution in [1.82, 2.24) is 14.8 Å². The number of aryl methyl sites for hydroxylation is 2. The minimum absolute atomic E-state index is 0.246. The first-order chi connectivity index (χ1) is 15.4. The maximum absolute atomic E-state index is 12.7. The maximum Gasteiger partial charge on any atom is 0.262 e. The lowest BCUT2D eigenvalue weighted by molar-refractivity contribution is 0.101. The molecule has 0 saturated carbocycles. The van der Waals surface area contributed by atoms with Gasteiger partial charge in [0.2, 0.25) is 5.88 Å². The van der Waals surface area contributed by atoms with Gasteiger partial charge in [-0.3, -0.25) is 14.3 Å². The summed E-state index contributed by atoms with van der Waals surface area (Å²) in [5, 5.41) is 12.7. The summed E-state index contributed by atoms with van der Waals surface area (Å²) in [7, 11) is 3.17. The molecule has 2 heterocycles. The van der Waals surface area contributed by atoms with Crippen molar-refractivity contribution in [3.8, 4) is 17.1 Å². The summed E-state index contributed by atoms with van der Waals surface area (Å²) < 4.78 is 6.63. The van der Waals surface area contributed by atoms with Crippen LogP contribution in [0.15, 0.2) is 60.1 Å². The van der Waals surface area contributed by atoms with Gasteiger partial charge in [-0.1, -0.05) is 12.1 Å². The SMILES string of the molecule is COc1nn(C)cc1C(=O)Nc1ccc(C(=O)Nc2cccc(-c3csc(C)n3)c2)cc1. The molecule has 0 radical (unpaired) electrons. The number of anilines is 2. The van der Waals surface area contributed by atoms with Crippen LogP contribution in [-0.4, -0.2) is 33.7 Å². The van der Waals surface area contributed by atoms with Crippen molar-refractivity contribution in [1.29, 1.82) is 0 Å². The summed E-state index contributed by atoms with van der Waals surface area (Å²) in [4.78, 5) is 29.6. The van der Waals surface area contributed by atoms with Crippen LogP contribution in [0.5, 0.6) is 5.88 Å². The van der Waals surface area contributed by atoms with Crippen molar-refractivity contribution in [2.45, 2.75) is 6.92 Å². The maximum atomic E-state index is 12.7. The molecule has 9 heteroatoms. The van der Waals surface area contributed by atoms with E-state index in [4.69, 9.17) is 4.74 Å². The van der Waals surface area contributed by atoms with E-state index >= 15 is 0 Å². The van der Waals surface area contributed by atoms with Gasteiger partial charge in [0.05, 0.1) is 17.8 Å². The second-order valence-corrected chi connectivity index (χ2v) is 8.11. The number of methoxy groups -OCH3 is 1. The average molecular weight is 448 g/mol. The summed E-state index contributed by atoms with van der Waals surface area (Å²) in [5.74, 6) is -0.347. The monoisotopic (exact) mass is 447 g/mol. The molecule has 32 heavy (non-hydrogen) atoms. The Bertz CT molecular complexity index is 1280. The minimum atomic E-state index is -0.346. The Morgan fingerprint density at radius 2 is 1.78 bits per heavy atom. The highest BCUT2D eigenvalue weighted by atomic mass is 32.1. The summed E-state index contributed by atoms with van der Waals surface area (Å²) in [5.41, 5.74) is 3.85. The number of aromatic nitrogens is 3. The van der Waals surface area contributed by atoms with Crippen LogP contribution < -0.4 is 15.4 Å². The predicted octanol–water partition coefficient (Wildman–Crippen LogP) is 4.37. The van der Waals surface area contributed by atoms with E-state index < -0.39 is 0 Å². The topological polar surface area (TPSA) is 98.1 Å². The number of thiazole rings is 1. The van der Waals surface area contributed by atoms with Gasteiger partial charge in [0, 0.05) is 41.1 Å². The van der Waals surface area contributed by atoms with Gasteiger partial charge in [-0.15, -0.1) is 16.4 Å². The fourth-order valence-electron chi connectivity index (χ4n) is 3.13. The van der Waals surface area contributed by atoms with Gasteiger partial charge in [0.15, 0.2) is 0 Å². The fraction of sp³-hybridized carbons (Fsp3) is 0.130. The van der Waals surface area contributed by atoms with Crippen molar-refractivity contribution < 1.29 is 14.3 Å². The number of amides is 2. The first-order valence-corrected chi connectivity index (χ1v) is 10.6. The summed E-state index contributed by atoms with van der Waals surface area (Å²) in [6.45, 7) is 1.96. The molecule has 0 spiro atoms. The molecule has 0 unspecified atom stereocenters. The van der Waals surface area contributed by atoms with E-state index in [1.54, 1.807) is 48.8 Å². The van der Waals surface area contributed by atoms with Crippen molar-refractivity contribution >= 4 is 34.5 Å². The Hall–Kier alpha value is -3.98. The van der Waals surface area contributed by atoms with E-state index in [1.165, 1.54) is 11.8 Å². The summed E-state index contributed by atoms with van der Waals surface area (Å²) >= 11 is 1.58. The number of benzene rings is 2. The van der Waals surface area contributed by atoms with Crippen molar-refractivity contribution in [2.75, 3.05) is 17.7 Å². The van der Waals surface area contributed by atoms with Gasteiger partial charge in [-0.2, -0.15) is 0 Å². The Balaban J connectivity index is 1.43. The zero-order valence-corrected chi connectivity index (χ0v) is 18.6. The summed E-state index contributed by atoms with van der Waals surface area (Å²) in [6.07, 6.45) is 1.58. The third-order valence-corrected chi connectivity index (χ3v) is 5.45. The second-order valence-electron chi connectivity index (χ2n) is 7.04. The quantitative estimate of drug-likeness (QED) is 0.458. The number of carbonyl (C=O) groups is 2. The third kappa shape index (κ3) is 4.68. The Morgan fingerprint density at radius 3 is 2.47 bits per heavy atom. The highest BCUT2D eigenvalue weighted by Gasteiger charge is 2.17. The van der Waals surface area contributed by atoms with E-state index in [-0.39, 0.29) is 17.7 Å². The molecule has 4 aromatic rings. The van der Waals surface area contributed by atoms with Crippen LogP contribution in [0.25, 0.3) is 11.3 Å². The molecule has 0 fully saturated rings. The second kappa shape index (κ2) is 9.03. The minimum Gasteiger partial charge on any atom is -0.479 e. The van der Waals surface area contributed by atoms with Crippen LogP contribution >= 0.6 is 11.3 Å². The molecule has 0 aliphatic heterocycles. The smallest absolute Gasteiger partial charge is 0.262 e. The van der Waals surface area contributed by atoms with Crippen LogP contribution in [-0.2, 0) is 7.05 Å². The molecular formula is C23H21N5O3S. The molecule has 2 aromatic carbocycles. The van der Waals surface area contributed by atoms with Crippen molar-refractivity contribution in [3.05, 3.63) is 76.2 Å². The Labute approximate surface area is 188 Å². The first-order valence-electron chi connectivity index (χ1n) is 9.76. The number of ether oxygens (including phenoxy) is 1. The number of rotatable bonds is 6. The molecule has 8 nitrogen and oxygen atoms in total. The van der Waals surface area contributed by atoms with Crippen LogP contribution in [0.4, 0.5) is 11.4 Å². The zero-order chi connectivity index (χ0) is 22.7. The molecule has 0 aliphatic carbocycles. The lowest BCUT2D eigenvalue weighted by atomic mass is 10.1. The summed E-state index contributed by atoms with van der Waals surface area (Å²) in [6, 6.07) is 14.2. The molecule has 2 amide bonds. The Morgan fingerprint density at radius 1 is 1.03 bits per heavy atom. The average Bonchev–Trinajstić information content (AvgIpc) is 3.39. The molecule has 0 aliphatic rings. The first kappa shape index (κ1) is 21.3. The van der Waals surface area contributed by atoms with Gasteiger partial charge in [0.25, 0.3) is 11.8 Å². The molecule has 2 aromatic heterocycles. The predicted molar refractivity (Wildman–Crippen MR) is 124 cm³/mol. The molecule has 0 atom stereocenters. The van der Waals surface area contributed by atoms with Gasteiger partial charge in [-0.25, -0.2) is 4.98 Å². The standard InChI is InChI=1S/C23H21N5O3S/c1-14-24-20(13-32-14)16-5-4-6-18(11-16)26-21(29)15-7-9-17(10-8-15)25-22(30)19-12-28(2)27-23(19)31-3/h4-13H,1-3H3,(H,25,30)(H,26,29). The number of nitrogens with one attached hydrogen (secondary N) is 2. The van der Waals surface area contributed by atoms with Gasteiger partial charge >= 0.3 is 0 Å². The van der Waals surface area contributed by atoms with E-state index in [2.05, 4.69) is 20.7 Å².